The molecule has 1 aromatic rings. The number of likely N-dealkylation sites (tertiary alicyclic amines) is 1. The van der Waals surface area contributed by atoms with Gasteiger partial charge in [-0.2, -0.15) is 0 Å². The van der Waals surface area contributed by atoms with Gasteiger partial charge in [0.15, 0.2) is 0 Å². The molecule has 1 aromatic heterocycles. The smallest absolute Gasteiger partial charge is 0.410 e. The van der Waals surface area contributed by atoms with Crippen LogP contribution in [0.5, 0.6) is 5.75 Å². The van der Waals surface area contributed by atoms with Gasteiger partial charge in [-0.15, -0.1) is 0 Å². The molecule has 0 aliphatic carbocycles. The normalized spacial score (nSPS) is 17.7. The van der Waals surface area contributed by atoms with Crippen LogP contribution in [0.2, 0.25) is 0 Å². The Bertz CT molecular complexity index is 582. The van der Waals surface area contributed by atoms with Crippen LogP contribution < -0.4 is 4.74 Å². The third-order valence-electron chi connectivity index (χ3n) is 3.23. The molecule has 23 heavy (non-hydrogen) atoms. The number of carbonyl (C=O) groups excluding carboxylic acids is 2. The van der Waals surface area contributed by atoms with Crippen LogP contribution in [0.15, 0.2) is 18.5 Å². The molecule has 2 rings (SSSR count). The summed E-state index contributed by atoms with van der Waals surface area (Å²) in [6, 6.07) is 1.58. The Morgan fingerprint density at radius 2 is 2.04 bits per heavy atom. The zero-order valence-corrected chi connectivity index (χ0v) is 13.9. The zero-order valence-electron chi connectivity index (χ0n) is 13.9. The van der Waals surface area contributed by atoms with Gasteiger partial charge >= 0.3 is 12.1 Å². The predicted molar refractivity (Wildman–Crippen MR) is 82.4 cm³/mol. The zero-order chi connectivity index (χ0) is 17.0. The first-order chi connectivity index (χ1) is 10.8. The summed E-state index contributed by atoms with van der Waals surface area (Å²) in [7, 11) is 1.31. The molecule has 7 nitrogen and oxygen atoms in total. The van der Waals surface area contributed by atoms with E-state index in [4.69, 9.17) is 9.47 Å². The van der Waals surface area contributed by atoms with Crippen LogP contribution in [0.4, 0.5) is 4.79 Å². The van der Waals surface area contributed by atoms with Gasteiger partial charge in [0.1, 0.15) is 17.5 Å². The van der Waals surface area contributed by atoms with Gasteiger partial charge in [0, 0.05) is 19.2 Å². The molecule has 7 heteroatoms. The summed E-state index contributed by atoms with van der Waals surface area (Å²) in [6.45, 7) is 6.51. The van der Waals surface area contributed by atoms with Crippen molar-refractivity contribution < 1.29 is 23.8 Å². The molecule has 1 aliphatic heterocycles. The van der Waals surface area contributed by atoms with E-state index in [9.17, 15) is 9.59 Å². The summed E-state index contributed by atoms with van der Waals surface area (Å²) in [4.78, 5) is 29.1. The molecule has 0 N–H and O–H groups in total. The molecule has 2 heterocycles. The molecule has 0 radical (unpaired) electrons. The Hall–Kier alpha value is -2.31. The van der Waals surface area contributed by atoms with Gasteiger partial charge in [0.05, 0.1) is 25.4 Å². The van der Waals surface area contributed by atoms with Gasteiger partial charge in [0.25, 0.3) is 0 Å². The van der Waals surface area contributed by atoms with E-state index in [-0.39, 0.29) is 12.2 Å². The first-order valence-electron chi connectivity index (χ1n) is 7.46. The Morgan fingerprint density at radius 1 is 1.30 bits per heavy atom. The number of ether oxygens (including phenoxy) is 3. The second-order valence-corrected chi connectivity index (χ2v) is 6.36. The van der Waals surface area contributed by atoms with Crippen molar-refractivity contribution in [3.8, 4) is 5.75 Å². The molecule has 1 atom stereocenters. The highest BCUT2D eigenvalue weighted by Crippen LogP contribution is 2.20. The number of amides is 1. The molecule has 0 unspecified atom stereocenters. The minimum absolute atomic E-state index is 0.155. The minimum atomic E-state index is -0.519. The second kappa shape index (κ2) is 6.85. The maximum atomic E-state index is 12.0. The predicted octanol–water partition coefficient (Wildman–Crippen LogP) is 2.26. The number of hydrogen-bond donors (Lipinski definition) is 0. The third-order valence-corrected chi connectivity index (χ3v) is 3.23. The lowest BCUT2D eigenvalue weighted by Gasteiger charge is -2.24. The van der Waals surface area contributed by atoms with Crippen LogP contribution in [-0.4, -0.2) is 53.9 Å². The molecule has 1 amide bonds. The summed E-state index contributed by atoms with van der Waals surface area (Å²) >= 11 is 0. The van der Waals surface area contributed by atoms with E-state index in [1.165, 1.54) is 19.5 Å². The van der Waals surface area contributed by atoms with E-state index in [0.717, 1.165) is 0 Å². The first kappa shape index (κ1) is 17.1. The van der Waals surface area contributed by atoms with Gasteiger partial charge in [0.2, 0.25) is 0 Å². The van der Waals surface area contributed by atoms with E-state index in [2.05, 4.69) is 9.72 Å². The van der Waals surface area contributed by atoms with Crippen LogP contribution >= 0.6 is 0 Å². The number of aromatic nitrogens is 1. The molecule has 1 aliphatic rings. The Morgan fingerprint density at radius 3 is 2.70 bits per heavy atom. The molecule has 0 saturated carbocycles. The molecule has 0 spiro atoms. The van der Waals surface area contributed by atoms with Crippen LogP contribution in [0.25, 0.3) is 0 Å². The van der Waals surface area contributed by atoms with Crippen molar-refractivity contribution in [3.63, 3.8) is 0 Å². The first-order valence-corrected chi connectivity index (χ1v) is 7.46. The van der Waals surface area contributed by atoms with Crippen molar-refractivity contribution in [2.45, 2.75) is 38.9 Å². The SMILES string of the molecule is COC(=O)c1cncc(O[C@H]2CCN(C(=O)OC(C)(C)C)C2)c1. The van der Waals surface area contributed by atoms with Crippen molar-refractivity contribution in [2.75, 3.05) is 20.2 Å². The van der Waals surface area contributed by atoms with Crippen molar-refractivity contribution in [1.82, 2.24) is 9.88 Å². The summed E-state index contributed by atoms with van der Waals surface area (Å²) < 4.78 is 15.8. The molecular weight excluding hydrogens is 300 g/mol. The minimum Gasteiger partial charge on any atom is -0.487 e. The Balaban J connectivity index is 1.93. The standard InChI is InChI=1S/C16H22N2O5/c1-16(2,3)23-15(20)18-6-5-12(10-18)22-13-7-11(8-17-9-13)14(19)21-4/h7-9,12H,5-6,10H2,1-4H3/t12-/m0/s1. The quantitative estimate of drug-likeness (QED) is 0.794. The fraction of sp³-hybridized carbons (Fsp3) is 0.562. The van der Waals surface area contributed by atoms with Crippen LogP contribution in [0, 0.1) is 0 Å². The van der Waals surface area contributed by atoms with E-state index >= 15 is 0 Å². The number of carbonyl (C=O) groups is 2. The summed E-state index contributed by atoms with van der Waals surface area (Å²) in [5.41, 5.74) is -0.193. The van der Waals surface area contributed by atoms with Crippen molar-refractivity contribution in [1.29, 1.82) is 0 Å². The van der Waals surface area contributed by atoms with Crippen LogP contribution in [0.3, 0.4) is 0 Å². The summed E-state index contributed by atoms with van der Waals surface area (Å²) in [6.07, 6.45) is 3.15. The highest BCUT2D eigenvalue weighted by molar-refractivity contribution is 5.89. The van der Waals surface area contributed by atoms with Gasteiger partial charge in [-0.1, -0.05) is 0 Å². The maximum absolute atomic E-state index is 12.0. The van der Waals surface area contributed by atoms with Gasteiger partial charge in [-0.3, -0.25) is 4.98 Å². The number of esters is 1. The number of methoxy groups -OCH3 is 1. The maximum Gasteiger partial charge on any atom is 0.410 e. The lowest BCUT2D eigenvalue weighted by molar-refractivity contribution is 0.0275. The fourth-order valence-corrected chi connectivity index (χ4v) is 2.22. The van der Waals surface area contributed by atoms with Gasteiger partial charge in [-0.25, -0.2) is 9.59 Å². The Kier molecular flexibility index (Phi) is 5.08. The lowest BCUT2D eigenvalue weighted by atomic mass is 10.2. The van der Waals surface area contributed by atoms with Gasteiger partial charge in [-0.05, 0) is 26.8 Å². The second-order valence-electron chi connectivity index (χ2n) is 6.36. The number of rotatable bonds is 3. The topological polar surface area (TPSA) is 78.0 Å². The van der Waals surface area contributed by atoms with Crippen LogP contribution in [0.1, 0.15) is 37.6 Å². The Labute approximate surface area is 135 Å². The molecule has 1 saturated heterocycles. The van der Waals surface area contributed by atoms with E-state index < -0.39 is 11.6 Å². The van der Waals surface area contributed by atoms with Gasteiger partial charge < -0.3 is 19.1 Å². The lowest BCUT2D eigenvalue weighted by Crippen LogP contribution is -2.36. The highest BCUT2D eigenvalue weighted by Gasteiger charge is 2.31. The largest absolute Gasteiger partial charge is 0.487 e. The molecule has 0 bridgehead atoms. The molecule has 126 valence electrons. The highest BCUT2D eigenvalue weighted by atomic mass is 16.6. The molecule has 0 aromatic carbocycles. The molecule has 1 fully saturated rings. The van der Waals surface area contributed by atoms with E-state index in [0.29, 0.717) is 30.8 Å². The van der Waals surface area contributed by atoms with Crippen LogP contribution in [-0.2, 0) is 9.47 Å². The van der Waals surface area contributed by atoms with Crippen molar-refractivity contribution in [3.05, 3.63) is 24.0 Å². The summed E-state index contributed by atoms with van der Waals surface area (Å²) in [5, 5.41) is 0. The van der Waals surface area contributed by atoms with E-state index in [1.807, 2.05) is 20.8 Å². The average Bonchev–Trinajstić information content (AvgIpc) is 2.93. The third kappa shape index (κ3) is 4.84. The number of pyridine rings is 1. The monoisotopic (exact) mass is 322 g/mol. The molecular formula is C16H22N2O5. The van der Waals surface area contributed by atoms with Crippen molar-refractivity contribution in [2.24, 2.45) is 0 Å². The van der Waals surface area contributed by atoms with E-state index in [1.54, 1.807) is 11.0 Å². The summed E-state index contributed by atoms with van der Waals surface area (Å²) in [5.74, 6) is 0.00805. The van der Waals surface area contributed by atoms with Crippen molar-refractivity contribution >= 4 is 12.1 Å². The number of hydrogen-bond acceptors (Lipinski definition) is 6. The number of nitrogens with zero attached hydrogens (tertiary/aromatic N) is 2. The average molecular weight is 322 g/mol. The fourth-order valence-electron chi connectivity index (χ4n) is 2.22.